The van der Waals surface area contributed by atoms with Crippen LogP contribution in [0.3, 0.4) is 0 Å². The van der Waals surface area contributed by atoms with Crippen LogP contribution in [0.15, 0.2) is 12.1 Å². The lowest BCUT2D eigenvalue weighted by molar-refractivity contribution is -0.150. The van der Waals surface area contributed by atoms with Gasteiger partial charge < -0.3 is 14.0 Å². The Hall–Kier alpha value is -1.14. The summed E-state index contributed by atoms with van der Waals surface area (Å²) < 4.78 is 16.3. The van der Waals surface area contributed by atoms with Crippen LogP contribution in [0.5, 0.6) is 0 Å². The Kier molecular flexibility index (Phi) is 5.39. The van der Waals surface area contributed by atoms with Crippen molar-refractivity contribution in [3.8, 4) is 0 Å². The summed E-state index contributed by atoms with van der Waals surface area (Å²) in [5.41, 5.74) is -0.818. The van der Waals surface area contributed by atoms with E-state index >= 15 is 0 Å². The van der Waals surface area contributed by atoms with Crippen molar-refractivity contribution in [1.29, 1.82) is 0 Å². The SMILES string of the molecule is COC(=O)C(C(C)=O)C(C)/C=C/B1OC(C)(C)C(C)(C)O1. The van der Waals surface area contributed by atoms with Crippen LogP contribution in [0, 0.1) is 11.8 Å². The third kappa shape index (κ3) is 3.95. The number of allylic oxidation sites excluding steroid dienone is 1. The molecule has 0 bridgehead atoms. The first-order chi connectivity index (χ1) is 9.51. The molecule has 2 unspecified atom stereocenters. The molecular formula is C15H25BO5. The van der Waals surface area contributed by atoms with Gasteiger partial charge >= 0.3 is 13.1 Å². The van der Waals surface area contributed by atoms with E-state index in [1.165, 1.54) is 14.0 Å². The number of esters is 1. The lowest BCUT2D eigenvalue weighted by Gasteiger charge is -2.32. The molecule has 1 rings (SSSR count). The minimum atomic E-state index is -0.798. The molecule has 21 heavy (non-hydrogen) atoms. The molecule has 1 heterocycles. The molecule has 0 radical (unpaired) electrons. The van der Waals surface area contributed by atoms with Crippen molar-refractivity contribution in [3.05, 3.63) is 12.1 Å². The quantitative estimate of drug-likeness (QED) is 0.442. The molecule has 0 spiro atoms. The summed E-state index contributed by atoms with van der Waals surface area (Å²) in [5.74, 6) is -0.0656. The Morgan fingerprint density at radius 3 is 2.00 bits per heavy atom. The number of Topliss-reactive ketones (excluding diaryl/α,β-unsaturated/α-hetero) is 1. The van der Waals surface area contributed by atoms with Crippen LogP contribution in [-0.2, 0) is 23.6 Å². The Morgan fingerprint density at radius 2 is 1.62 bits per heavy atom. The number of carbonyl (C=O) groups is 2. The molecule has 0 aliphatic carbocycles. The van der Waals surface area contributed by atoms with E-state index in [0.717, 1.165) is 0 Å². The van der Waals surface area contributed by atoms with Crippen LogP contribution < -0.4 is 0 Å². The van der Waals surface area contributed by atoms with Crippen molar-refractivity contribution >= 4 is 18.9 Å². The first kappa shape index (κ1) is 17.9. The molecule has 0 aromatic carbocycles. The highest BCUT2D eigenvalue weighted by Crippen LogP contribution is 2.37. The first-order valence-corrected chi connectivity index (χ1v) is 7.14. The van der Waals surface area contributed by atoms with E-state index in [4.69, 9.17) is 9.31 Å². The Morgan fingerprint density at radius 1 is 1.14 bits per heavy atom. The maximum atomic E-state index is 11.7. The summed E-state index contributed by atoms with van der Waals surface area (Å²) >= 11 is 0. The Bertz CT molecular complexity index is 425. The van der Waals surface area contributed by atoms with Crippen LogP contribution in [0.2, 0.25) is 0 Å². The summed E-state index contributed by atoms with van der Waals surface area (Å²) in [6.07, 6.45) is 1.77. The molecular weight excluding hydrogens is 271 g/mol. The third-order valence-electron chi connectivity index (χ3n) is 4.26. The molecule has 0 amide bonds. The maximum absolute atomic E-state index is 11.7. The van der Waals surface area contributed by atoms with E-state index in [9.17, 15) is 9.59 Å². The van der Waals surface area contributed by atoms with Crippen LogP contribution in [-0.4, -0.2) is 37.2 Å². The van der Waals surface area contributed by atoms with Crippen molar-refractivity contribution in [3.63, 3.8) is 0 Å². The van der Waals surface area contributed by atoms with Crippen LogP contribution in [0.1, 0.15) is 41.5 Å². The van der Waals surface area contributed by atoms with Crippen molar-refractivity contribution in [2.24, 2.45) is 11.8 Å². The van der Waals surface area contributed by atoms with Gasteiger partial charge in [-0.3, -0.25) is 9.59 Å². The number of hydrogen-bond donors (Lipinski definition) is 0. The minimum absolute atomic E-state index is 0.215. The van der Waals surface area contributed by atoms with Crippen LogP contribution in [0.4, 0.5) is 0 Å². The molecule has 0 aromatic heterocycles. The van der Waals surface area contributed by atoms with Gasteiger partial charge in [0.2, 0.25) is 0 Å². The average molecular weight is 296 g/mol. The predicted molar refractivity (Wildman–Crippen MR) is 80.6 cm³/mol. The molecule has 6 heteroatoms. The highest BCUT2D eigenvalue weighted by atomic mass is 16.7. The topological polar surface area (TPSA) is 61.8 Å². The summed E-state index contributed by atoms with van der Waals surface area (Å²) in [7, 11) is 0.797. The van der Waals surface area contributed by atoms with Gasteiger partial charge in [-0.05, 0) is 40.5 Å². The number of hydrogen-bond acceptors (Lipinski definition) is 5. The molecule has 1 aliphatic rings. The summed E-state index contributed by atoms with van der Waals surface area (Å²) in [5, 5.41) is 0. The summed E-state index contributed by atoms with van der Waals surface area (Å²) in [6.45, 7) is 11.1. The van der Waals surface area contributed by atoms with Crippen molar-refractivity contribution in [2.75, 3.05) is 7.11 Å². The standard InChI is InChI=1S/C15H25BO5/c1-10(12(11(2)17)13(18)19-7)8-9-16-20-14(3,4)15(5,6)21-16/h8-10,12H,1-7H3/b9-8+. The van der Waals surface area contributed by atoms with E-state index < -0.39 is 30.2 Å². The van der Waals surface area contributed by atoms with Crippen molar-refractivity contribution in [2.45, 2.75) is 52.7 Å². The lowest BCUT2D eigenvalue weighted by atomic mass is 9.84. The van der Waals surface area contributed by atoms with Gasteiger partial charge in [-0.1, -0.05) is 19.0 Å². The van der Waals surface area contributed by atoms with Gasteiger partial charge in [0.05, 0.1) is 18.3 Å². The number of methoxy groups -OCH3 is 1. The van der Waals surface area contributed by atoms with Gasteiger partial charge in [0.15, 0.2) is 0 Å². The third-order valence-corrected chi connectivity index (χ3v) is 4.26. The monoisotopic (exact) mass is 296 g/mol. The zero-order valence-electron chi connectivity index (χ0n) is 13.9. The van der Waals surface area contributed by atoms with Gasteiger partial charge in [0, 0.05) is 0 Å². The largest absolute Gasteiger partial charge is 0.486 e. The predicted octanol–water partition coefficient (Wildman–Crippen LogP) is 2.19. The number of ether oxygens (including phenoxy) is 1. The number of ketones is 1. The van der Waals surface area contributed by atoms with Gasteiger partial charge in [-0.15, -0.1) is 0 Å². The zero-order chi connectivity index (χ0) is 16.4. The molecule has 118 valence electrons. The maximum Gasteiger partial charge on any atom is 0.486 e. The fraction of sp³-hybridized carbons (Fsp3) is 0.733. The number of carbonyl (C=O) groups excluding carboxylic acids is 2. The van der Waals surface area contributed by atoms with E-state index in [1.54, 1.807) is 19.0 Å². The highest BCUT2D eigenvalue weighted by molar-refractivity contribution is 6.51. The second-order valence-corrected chi connectivity index (χ2v) is 6.48. The van der Waals surface area contributed by atoms with Gasteiger partial charge in [-0.2, -0.15) is 0 Å². The average Bonchev–Trinajstić information content (AvgIpc) is 2.54. The van der Waals surface area contributed by atoms with E-state index in [2.05, 4.69) is 4.74 Å². The second-order valence-electron chi connectivity index (χ2n) is 6.48. The molecule has 0 aromatic rings. The lowest BCUT2D eigenvalue weighted by Crippen LogP contribution is -2.41. The normalized spacial score (nSPS) is 23.1. The van der Waals surface area contributed by atoms with E-state index in [1.807, 2.05) is 27.7 Å². The Balaban J connectivity index is 2.77. The van der Waals surface area contributed by atoms with Gasteiger partial charge in [0.1, 0.15) is 11.7 Å². The molecule has 1 saturated heterocycles. The fourth-order valence-corrected chi connectivity index (χ4v) is 2.22. The second kappa shape index (κ2) is 6.32. The van der Waals surface area contributed by atoms with Gasteiger partial charge in [-0.25, -0.2) is 0 Å². The molecule has 2 atom stereocenters. The van der Waals surface area contributed by atoms with Crippen molar-refractivity contribution < 1.29 is 23.6 Å². The smallest absolute Gasteiger partial charge is 0.468 e. The van der Waals surface area contributed by atoms with Crippen LogP contribution >= 0.6 is 0 Å². The molecule has 0 saturated carbocycles. The summed E-state index contributed by atoms with van der Waals surface area (Å²) in [6, 6.07) is 0. The zero-order valence-corrected chi connectivity index (χ0v) is 13.9. The summed E-state index contributed by atoms with van der Waals surface area (Å²) in [4.78, 5) is 23.2. The van der Waals surface area contributed by atoms with E-state index in [-0.39, 0.29) is 11.7 Å². The fourth-order valence-electron chi connectivity index (χ4n) is 2.22. The molecule has 0 N–H and O–H groups in total. The van der Waals surface area contributed by atoms with Crippen molar-refractivity contribution in [1.82, 2.24) is 0 Å². The first-order valence-electron chi connectivity index (χ1n) is 7.14. The van der Waals surface area contributed by atoms with E-state index in [0.29, 0.717) is 0 Å². The number of rotatable bonds is 5. The molecule has 1 fully saturated rings. The molecule has 5 nitrogen and oxygen atoms in total. The van der Waals surface area contributed by atoms with Crippen LogP contribution in [0.25, 0.3) is 0 Å². The Labute approximate surface area is 127 Å². The van der Waals surface area contributed by atoms with Gasteiger partial charge in [0.25, 0.3) is 0 Å². The minimum Gasteiger partial charge on any atom is -0.468 e. The highest BCUT2D eigenvalue weighted by Gasteiger charge is 2.50. The molecule has 1 aliphatic heterocycles.